The Hall–Kier alpha value is -2.53. The minimum atomic E-state index is -3.74. The van der Waals surface area contributed by atoms with Crippen LogP contribution in [0.1, 0.15) is 65.4 Å². The zero-order chi connectivity index (χ0) is 28.1. The standard InChI is InChI=1S/C28H43N3O6S/c1-21(2)17-18-31(38(5,34)35)29-27(32)25(20-22(3)4)24(15-11-14-23-12-7-6-8-13-23)28(33)30-37-26-16-9-10-19-36-26/h6-8,11-14,17,22,24-26H,9-10,15-16,18-20H2,1-5H3,(H,29,32)(H,30,33)/b14-11+/t24-,25+,26?/m0/s1. The zero-order valence-corrected chi connectivity index (χ0v) is 24.0. The van der Waals surface area contributed by atoms with Gasteiger partial charge in [0.15, 0.2) is 6.29 Å². The third kappa shape index (κ3) is 11.5. The average Bonchev–Trinajstić information content (AvgIpc) is 2.86. The lowest BCUT2D eigenvalue weighted by Crippen LogP contribution is -2.51. The van der Waals surface area contributed by atoms with Crippen molar-refractivity contribution in [2.75, 3.05) is 19.4 Å². The number of hydrogen-bond donors (Lipinski definition) is 2. The molecule has 10 heteroatoms. The lowest BCUT2D eigenvalue weighted by atomic mass is 9.82. The van der Waals surface area contributed by atoms with Crippen LogP contribution in [0.25, 0.3) is 6.08 Å². The van der Waals surface area contributed by atoms with Gasteiger partial charge in [-0.1, -0.05) is 68.0 Å². The lowest BCUT2D eigenvalue weighted by molar-refractivity contribution is -0.203. The topological polar surface area (TPSA) is 114 Å². The molecule has 9 nitrogen and oxygen atoms in total. The van der Waals surface area contributed by atoms with Gasteiger partial charge in [0.05, 0.1) is 24.6 Å². The fourth-order valence-corrected chi connectivity index (χ4v) is 4.67. The number of hydrogen-bond acceptors (Lipinski definition) is 6. The smallest absolute Gasteiger partial charge is 0.247 e. The Kier molecular flexibility index (Phi) is 13.2. The summed E-state index contributed by atoms with van der Waals surface area (Å²) in [5.41, 5.74) is 6.95. The molecule has 1 unspecified atom stereocenters. The quantitative estimate of drug-likeness (QED) is 0.266. The molecule has 212 valence electrons. The summed E-state index contributed by atoms with van der Waals surface area (Å²) in [6.07, 6.45) is 9.16. The Bertz CT molecular complexity index is 1050. The van der Waals surface area contributed by atoms with E-state index in [4.69, 9.17) is 9.57 Å². The Morgan fingerprint density at radius 3 is 2.42 bits per heavy atom. The zero-order valence-electron chi connectivity index (χ0n) is 23.2. The van der Waals surface area contributed by atoms with E-state index in [1.54, 1.807) is 6.08 Å². The Labute approximate surface area is 227 Å². The van der Waals surface area contributed by atoms with Crippen molar-refractivity contribution in [2.24, 2.45) is 17.8 Å². The molecule has 1 aliphatic heterocycles. The van der Waals surface area contributed by atoms with Crippen LogP contribution in [0.15, 0.2) is 48.1 Å². The van der Waals surface area contributed by atoms with Crippen LogP contribution in [-0.4, -0.2) is 50.3 Å². The van der Waals surface area contributed by atoms with Crippen molar-refractivity contribution in [3.63, 3.8) is 0 Å². The van der Waals surface area contributed by atoms with E-state index in [1.807, 2.05) is 70.2 Å². The van der Waals surface area contributed by atoms with Gasteiger partial charge < -0.3 is 4.74 Å². The summed E-state index contributed by atoms with van der Waals surface area (Å²) >= 11 is 0. The van der Waals surface area contributed by atoms with Gasteiger partial charge in [0.25, 0.3) is 0 Å². The Morgan fingerprint density at radius 2 is 1.84 bits per heavy atom. The summed E-state index contributed by atoms with van der Waals surface area (Å²) in [7, 11) is -3.74. The monoisotopic (exact) mass is 549 g/mol. The molecule has 1 heterocycles. The number of hydrazine groups is 1. The normalized spacial score (nSPS) is 17.8. The van der Waals surface area contributed by atoms with Gasteiger partial charge in [-0.25, -0.2) is 18.7 Å². The largest absolute Gasteiger partial charge is 0.350 e. The molecule has 1 aromatic carbocycles. The molecule has 0 radical (unpaired) electrons. The van der Waals surface area contributed by atoms with Gasteiger partial charge in [-0.15, -0.1) is 4.41 Å². The number of allylic oxidation sites excluding steroid dienone is 2. The van der Waals surface area contributed by atoms with Gasteiger partial charge in [-0.2, -0.15) is 0 Å². The molecule has 2 N–H and O–H groups in total. The van der Waals surface area contributed by atoms with Crippen molar-refractivity contribution >= 4 is 27.9 Å². The van der Waals surface area contributed by atoms with E-state index in [9.17, 15) is 18.0 Å². The minimum absolute atomic E-state index is 0.00575. The molecule has 0 aromatic heterocycles. The third-order valence-electron chi connectivity index (χ3n) is 6.11. The van der Waals surface area contributed by atoms with E-state index in [0.717, 1.165) is 34.6 Å². The predicted molar refractivity (Wildman–Crippen MR) is 148 cm³/mol. The highest BCUT2D eigenvalue weighted by Crippen LogP contribution is 2.26. The Balaban J connectivity index is 2.29. The number of carbonyl (C=O) groups is 2. The molecular formula is C28H43N3O6S. The van der Waals surface area contributed by atoms with Crippen LogP contribution in [0.3, 0.4) is 0 Å². The first-order chi connectivity index (χ1) is 18.0. The first kappa shape index (κ1) is 31.7. The van der Waals surface area contributed by atoms with E-state index in [2.05, 4.69) is 10.9 Å². The predicted octanol–water partition coefficient (Wildman–Crippen LogP) is 4.20. The number of nitrogens with one attached hydrogen (secondary N) is 2. The van der Waals surface area contributed by atoms with Crippen molar-refractivity contribution < 1.29 is 27.6 Å². The van der Waals surface area contributed by atoms with Gasteiger partial charge >= 0.3 is 0 Å². The van der Waals surface area contributed by atoms with Gasteiger partial charge in [-0.05, 0) is 51.0 Å². The van der Waals surface area contributed by atoms with Crippen LogP contribution in [0.4, 0.5) is 0 Å². The van der Waals surface area contributed by atoms with E-state index < -0.39 is 40.0 Å². The highest BCUT2D eigenvalue weighted by molar-refractivity contribution is 7.88. The summed E-state index contributed by atoms with van der Waals surface area (Å²) in [6.45, 7) is 8.17. The molecule has 1 aromatic rings. The SMILES string of the molecule is CC(C)=CCN(NC(=O)[C@H](CC(C)C)[C@H](C/C=C/c1ccccc1)C(=O)NOC1CCCCO1)S(C)(=O)=O. The second kappa shape index (κ2) is 15.8. The van der Waals surface area contributed by atoms with Crippen molar-refractivity contribution in [1.29, 1.82) is 0 Å². The number of hydroxylamine groups is 1. The summed E-state index contributed by atoms with van der Waals surface area (Å²) in [5.74, 6) is -2.51. The fraction of sp³-hybridized carbons (Fsp3) is 0.571. The van der Waals surface area contributed by atoms with E-state index in [0.29, 0.717) is 19.4 Å². The molecule has 2 amide bonds. The van der Waals surface area contributed by atoms with Crippen LogP contribution in [0.2, 0.25) is 0 Å². The molecule has 3 atom stereocenters. The average molecular weight is 550 g/mol. The highest BCUT2D eigenvalue weighted by Gasteiger charge is 2.36. The van der Waals surface area contributed by atoms with Gasteiger partial charge in [-0.3, -0.25) is 15.0 Å². The van der Waals surface area contributed by atoms with Crippen molar-refractivity contribution in [3.8, 4) is 0 Å². The molecule has 0 saturated carbocycles. The maximum Gasteiger partial charge on any atom is 0.247 e. The molecule has 0 bridgehead atoms. The minimum Gasteiger partial charge on any atom is -0.350 e. The Morgan fingerprint density at radius 1 is 1.13 bits per heavy atom. The maximum atomic E-state index is 13.6. The first-order valence-electron chi connectivity index (χ1n) is 13.2. The molecule has 38 heavy (non-hydrogen) atoms. The number of sulfonamides is 1. The second-order valence-electron chi connectivity index (χ2n) is 10.3. The van der Waals surface area contributed by atoms with Crippen molar-refractivity contribution in [1.82, 2.24) is 15.3 Å². The third-order valence-corrected chi connectivity index (χ3v) is 7.15. The number of carbonyl (C=O) groups excluding carboxylic acids is 2. The van der Waals surface area contributed by atoms with E-state index in [-0.39, 0.29) is 18.9 Å². The molecule has 1 fully saturated rings. The number of amides is 2. The lowest BCUT2D eigenvalue weighted by Gasteiger charge is -2.29. The summed E-state index contributed by atoms with van der Waals surface area (Å²) < 4.78 is 31.2. The molecule has 2 rings (SSSR count). The van der Waals surface area contributed by atoms with Crippen LogP contribution in [0.5, 0.6) is 0 Å². The fourth-order valence-electron chi connectivity index (χ4n) is 4.07. The van der Waals surface area contributed by atoms with Crippen LogP contribution in [-0.2, 0) is 29.2 Å². The summed E-state index contributed by atoms with van der Waals surface area (Å²) in [4.78, 5) is 32.5. The van der Waals surface area contributed by atoms with Gasteiger partial charge in [0.1, 0.15) is 0 Å². The molecular weight excluding hydrogens is 506 g/mol. The van der Waals surface area contributed by atoms with E-state index >= 15 is 0 Å². The summed E-state index contributed by atoms with van der Waals surface area (Å²) in [6, 6.07) is 9.65. The molecule has 1 aliphatic rings. The highest BCUT2D eigenvalue weighted by atomic mass is 32.2. The van der Waals surface area contributed by atoms with Crippen LogP contribution >= 0.6 is 0 Å². The number of nitrogens with zero attached hydrogens (tertiary/aromatic N) is 1. The second-order valence-corrected chi connectivity index (χ2v) is 12.2. The van der Waals surface area contributed by atoms with Crippen LogP contribution in [0, 0.1) is 17.8 Å². The van der Waals surface area contributed by atoms with Crippen molar-refractivity contribution in [3.05, 3.63) is 53.6 Å². The van der Waals surface area contributed by atoms with E-state index in [1.165, 1.54) is 0 Å². The first-order valence-corrected chi connectivity index (χ1v) is 15.0. The van der Waals surface area contributed by atoms with Gasteiger partial charge in [0, 0.05) is 13.0 Å². The van der Waals surface area contributed by atoms with Crippen molar-refractivity contribution in [2.45, 2.75) is 66.1 Å². The number of rotatable bonds is 14. The number of ether oxygens (including phenoxy) is 1. The molecule has 0 aliphatic carbocycles. The maximum absolute atomic E-state index is 13.6. The summed E-state index contributed by atoms with van der Waals surface area (Å²) in [5, 5.41) is 0. The molecule has 0 spiro atoms. The molecule has 1 saturated heterocycles. The van der Waals surface area contributed by atoms with Crippen LogP contribution < -0.4 is 10.9 Å². The van der Waals surface area contributed by atoms with Gasteiger partial charge in [0.2, 0.25) is 21.8 Å². The number of benzene rings is 1.